The van der Waals surface area contributed by atoms with Crippen LogP contribution in [0.4, 0.5) is 0 Å². The highest BCUT2D eigenvalue weighted by Gasteiger charge is 2.26. The van der Waals surface area contributed by atoms with Gasteiger partial charge < -0.3 is 25.6 Å². The second-order valence-corrected chi connectivity index (χ2v) is 11.8. The molecule has 0 saturated carbocycles. The Morgan fingerprint density at radius 1 is 0.705 bits per heavy atom. The predicted octanol–water partition coefficient (Wildman–Crippen LogP) is 5.26. The van der Waals surface area contributed by atoms with Gasteiger partial charge in [-0.25, -0.2) is 0 Å². The minimum Gasteiger partial charge on any atom is -0.469 e. The molecule has 0 fully saturated rings. The van der Waals surface area contributed by atoms with Crippen LogP contribution in [0.2, 0.25) is 0 Å². The van der Waals surface area contributed by atoms with Gasteiger partial charge in [-0.2, -0.15) is 0 Å². The number of ether oxygens (including phenoxy) is 1. The molecule has 4 N–H and O–H groups in total. The summed E-state index contributed by atoms with van der Waals surface area (Å²) >= 11 is 0. The van der Waals surface area contributed by atoms with E-state index in [0.29, 0.717) is 28.7 Å². The van der Waals surface area contributed by atoms with Crippen LogP contribution in [0.15, 0.2) is 66.7 Å². The molecule has 0 aliphatic heterocycles. The Morgan fingerprint density at radius 3 is 1.75 bits per heavy atom. The third-order valence-electron chi connectivity index (χ3n) is 8.23. The molecule has 232 valence electrons. The average molecular weight is 599 g/mol. The zero-order valence-corrected chi connectivity index (χ0v) is 26.0. The lowest BCUT2D eigenvalue weighted by atomic mass is 9.85. The van der Waals surface area contributed by atoms with E-state index < -0.39 is 12.1 Å². The van der Waals surface area contributed by atoms with Crippen molar-refractivity contribution in [2.75, 3.05) is 20.3 Å². The van der Waals surface area contributed by atoms with Crippen molar-refractivity contribution in [2.24, 2.45) is 11.8 Å². The highest BCUT2D eigenvalue weighted by atomic mass is 16.5. The Balaban J connectivity index is 2.00. The molecule has 0 saturated heterocycles. The number of nitrogens with one attached hydrogen (secondary N) is 2. The van der Waals surface area contributed by atoms with E-state index in [1.807, 2.05) is 82.3 Å². The molecule has 0 heterocycles. The van der Waals surface area contributed by atoms with Crippen LogP contribution >= 0.6 is 0 Å². The van der Waals surface area contributed by atoms with Gasteiger partial charge in [0.15, 0.2) is 0 Å². The van der Waals surface area contributed by atoms with Crippen molar-refractivity contribution in [1.29, 1.82) is 0 Å². The SMILES string of the molecule is COC(=O)CCc1ccc2c(-c3c(C(=O)N[C@H](CO)C(C)C)ccc4ccccc34)c(C(=O)N[C@H](CO)C(C)C)ccc2c1. The summed E-state index contributed by atoms with van der Waals surface area (Å²) in [4.78, 5) is 39.7. The summed E-state index contributed by atoms with van der Waals surface area (Å²) in [6.07, 6.45) is 0.731. The summed E-state index contributed by atoms with van der Waals surface area (Å²) in [5.41, 5.74) is 2.87. The number of aliphatic hydroxyl groups is 2. The van der Waals surface area contributed by atoms with E-state index in [0.717, 1.165) is 27.1 Å². The maximum absolute atomic E-state index is 14.0. The number of rotatable bonds is 12. The van der Waals surface area contributed by atoms with Crippen molar-refractivity contribution in [3.8, 4) is 11.1 Å². The minimum absolute atomic E-state index is 0.00149. The third kappa shape index (κ3) is 7.09. The highest BCUT2D eigenvalue weighted by Crippen LogP contribution is 2.40. The molecule has 8 nitrogen and oxygen atoms in total. The van der Waals surface area contributed by atoms with Crippen molar-refractivity contribution < 1.29 is 29.3 Å². The fourth-order valence-corrected chi connectivity index (χ4v) is 5.41. The van der Waals surface area contributed by atoms with E-state index in [4.69, 9.17) is 4.74 Å². The summed E-state index contributed by atoms with van der Waals surface area (Å²) in [6.45, 7) is 7.30. The topological polar surface area (TPSA) is 125 Å². The molecule has 2 amide bonds. The average Bonchev–Trinajstić information content (AvgIpc) is 3.03. The Hall–Kier alpha value is -4.27. The lowest BCUT2D eigenvalue weighted by molar-refractivity contribution is -0.140. The monoisotopic (exact) mass is 598 g/mol. The molecular weight excluding hydrogens is 556 g/mol. The predicted molar refractivity (Wildman–Crippen MR) is 174 cm³/mol. The normalized spacial score (nSPS) is 12.8. The van der Waals surface area contributed by atoms with Gasteiger partial charge in [0.05, 0.1) is 32.4 Å². The number of fused-ring (bicyclic) bond motifs is 2. The lowest BCUT2D eigenvalue weighted by Crippen LogP contribution is -2.41. The number of aliphatic hydroxyl groups excluding tert-OH is 2. The molecule has 0 aliphatic rings. The molecule has 0 aliphatic carbocycles. The Morgan fingerprint density at radius 2 is 1.23 bits per heavy atom. The van der Waals surface area contributed by atoms with Gasteiger partial charge in [-0.05, 0) is 57.5 Å². The summed E-state index contributed by atoms with van der Waals surface area (Å²) in [6, 6.07) is 19.9. The zero-order valence-electron chi connectivity index (χ0n) is 26.0. The number of carbonyl (C=O) groups excluding carboxylic acids is 3. The van der Waals surface area contributed by atoms with E-state index in [-0.39, 0.29) is 49.3 Å². The van der Waals surface area contributed by atoms with Crippen LogP contribution in [0.5, 0.6) is 0 Å². The molecule has 4 aromatic carbocycles. The van der Waals surface area contributed by atoms with E-state index in [1.54, 1.807) is 12.1 Å². The molecule has 0 unspecified atom stereocenters. The van der Waals surface area contributed by atoms with Gasteiger partial charge >= 0.3 is 5.97 Å². The second kappa shape index (κ2) is 14.5. The van der Waals surface area contributed by atoms with Crippen molar-refractivity contribution >= 4 is 39.3 Å². The number of hydrogen-bond acceptors (Lipinski definition) is 6. The van der Waals surface area contributed by atoms with Gasteiger partial charge in [0.25, 0.3) is 11.8 Å². The van der Waals surface area contributed by atoms with Crippen molar-refractivity contribution in [2.45, 2.75) is 52.6 Å². The number of hydrogen-bond donors (Lipinski definition) is 4. The van der Waals surface area contributed by atoms with Crippen LogP contribution in [-0.4, -0.2) is 60.4 Å². The second-order valence-electron chi connectivity index (χ2n) is 11.8. The highest BCUT2D eigenvalue weighted by molar-refractivity contribution is 6.19. The number of benzene rings is 4. The fraction of sp³-hybridized carbons (Fsp3) is 0.361. The summed E-state index contributed by atoms with van der Waals surface area (Å²) in [5.74, 6) is -1.02. The summed E-state index contributed by atoms with van der Waals surface area (Å²) < 4.78 is 4.81. The minimum atomic E-state index is -0.460. The molecule has 0 bridgehead atoms. The zero-order chi connectivity index (χ0) is 32.0. The molecular formula is C36H42N2O6. The first-order valence-electron chi connectivity index (χ1n) is 15.1. The van der Waals surface area contributed by atoms with Crippen molar-refractivity contribution in [3.63, 3.8) is 0 Å². The molecule has 0 aromatic heterocycles. The molecule has 4 aromatic rings. The third-order valence-corrected chi connectivity index (χ3v) is 8.23. The van der Waals surface area contributed by atoms with Crippen LogP contribution < -0.4 is 10.6 Å². The standard InChI is InChI=1S/C36H42N2O6/c1-21(2)30(19-39)37-35(42)28-15-12-24-8-6-7-9-26(24)33(28)34-27-14-10-23(11-17-32(41)44-5)18-25(27)13-16-29(34)36(43)38-31(20-40)22(3)4/h6-10,12-16,18,21-22,30-31,39-40H,11,17,19-20H2,1-5H3,(H,37,42)(H,38,43)/t30-,31-/m1/s1. The van der Waals surface area contributed by atoms with Gasteiger partial charge in [0, 0.05) is 28.7 Å². The van der Waals surface area contributed by atoms with E-state index in [9.17, 15) is 24.6 Å². The van der Waals surface area contributed by atoms with Crippen LogP contribution in [0.25, 0.3) is 32.7 Å². The Bertz CT molecular complexity index is 1660. The smallest absolute Gasteiger partial charge is 0.305 e. The first-order chi connectivity index (χ1) is 21.1. The maximum Gasteiger partial charge on any atom is 0.305 e. The number of esters is 1. The van der Waals surface area contributed by atoms with Gasteiger partial charge in [-0.15, -0.1) is 0 Å². The largest absolute Gasteiger partial charge is 0.469 e. The molecule has 8 heteroatoms. The van der Waals surface area contributed by atoms with Crippen molar-refractivity contribution in [1.82, 2.24) is 10.6 Å². The van der Waals surface area contributed by atoms with E-state index in [2.05, 4.69) is 10.6 Å². The van der Waals surface area contributed by atoms with E-state index in [1.165, 1.54) is 7.11 Å². The fourth-order valence-electron chi connectivity index (χ4n) is 5.41. The maximum atomic E-state index is 14.0. The first-order valence-corrected chi connectivity index (χ1v) is 15.1. The quantitative estimate of drug-likeness (QED) is 0.165. The van der Waals surface area contributed by atoms with Gasteiger partial charge in [-0.1, -0.05) is 82.3 Å². The number of aryl methyl sites for hydroxylation is 1. The van der Waals surface area contributed by atoms with Crippen LogP contribution in [0.3, 0.4) is 0 Å². The first kappa shape index (κ1) is 32.6. The Labute approximate surface area is 258 Å². The summed E-state index contributed by atoms with van der Waals surface area (Å²) in [5, 5.41) is 29.2. The molecule has 4 rings (SSSR count). The number of carbonyl (C=O) groups is 3. The molecule has 0 radical (unpaired) electrons. The van der Waals surface area contributed by atoms with Crippen LogP contribution in [0, 0.1) is 11.8 Å². The molecule has 44 heavy (non-hydrogen) atoms. The number of methoxy groups -OCH3 is 1. The van der Waals surface area contributed by atoms with Gasteiger partial charge in [0.1, 0.15) is 0 Å². The van der Waals surface area contributed by atoms with Gasteiger partial charge in [-0.3, -0.25) is 14.4 Å². The lowest BCUT2D eigenvalue weighted by Gasteiger charge is -2.24. The van der Waals surface area contributed by atoms with Crippen LogP contribution in [0.1, 0.15) is 60.4 Å². The van der Waals surface area contributed by atoms with E-state index >= 15 is 0 Å². The van der Waals surface area contributed by atoms with Gasteiger partial charge in [0.2, 0.25) is 0 Å². The molecule has 2 atom stereocenters. The summed E-state index contributed by atoms with van der Waals surface area (Å²) in [7, 11) is 1.37. The van der Waals surface area contributed by atoms with Crippen LogP contribution in [-0.2, 0) is 16.0 Å². The molecule has 0 spiro atoms. The number of amides is 2. The Kier molecular flexibility index (Phi) is 10.7. The van der Waals surface area contributed by atoms with Crippen molar-refractivity contribution in [3.05, 3.63) is 83.4 Å².